The van der Waals surface area contributed by atoms with E-state index in [-0.39, 0.29) is 29.7 Å². The summed E-state index contributed by atoms with van der Waals surface area (Å²) >= 11 is 0. The van der Waals surface area contributed by atoms with E-state index in [1.165, 1.54) is 0 Å². The second kappa shape index (κ2) is 12.2. The molecule has 5 N–H and O–H groups in total. The van der Waals surface area contributed by atoms with Crippen molar-refractivity contribution in [3.63, 3.8) is 0 Å². The molecule has 3 amide bonds. The molecular formula is C25H39N5O4. The molecule has 5 atom stereocenters. The zero-order valence-corrected chi connectivity index (χ0v) is 20.5. The van der Waals surface area contributed by atoms with E-state index in [1.54, 1.807) is 12.0 Å². The largest absolute Gasteiger partial charge is 0.497 e. The molecule has 0 radical (unpaired) electrons. The van der Waals surface area contributed by atoms with E-state index in [4.69, 9.17) is 10.5 Å². The van der Waals surface area contributed by atoms with Crippen LogP contribution in [0.25, 0.3) is 0 Å². The lowest BCUT2D eigenvalue weighted by atomic mass is 9.93. The molecule has 0 aromatic heterocycles. The predicted molar refractivity (Wildman–Crippen MR) is 130 cm³/mol. The summed E-state index contributed by atoms with van der Waals surface area (Å²) in [4.78, 5) is 41.1. The van der Waals surface area contributed by atoms with Crippen LogP contribution in [0.3, 0.4) is 0 Å². The topological polar surface area (TPSA) is 126 Å². The first-order valence-corrected chi connectivity index (χ1v) is 12.3. The summed E-state index contributed by atoms with van der Waals surface area (Å²) in [6.07, 6.45) is 4.23. The second-order valence-corrected chi connectivity index (χ2v) is 9.28. The third kappa shape index (κ3) is 6.07. The van der Waals surface area contributed by atoms with Crippen LogP contribution in [0.2, 0.25) is 0 Å². The lowest BCUT2D eigenvalue weighted by Gasteiger charge is -2.32. The Morgan fingerprint density at radius 2 is 1.88 bits per heavy atom. The third-order valence-corrected chi connectivity index (χ3v) is 7.08. The maximum atomic E-state index is 13.7. The summed E-state index contributed by atoms with van der Waals surface area (Å²) in [5.41, 5.74) is 7.01. The molecule has 3 rings (SSSR count). The number of carbonyl (C=O) groups excluding carboxylic acids is 3. The molecular weight excluding hydrogens is 434 g/mol. The van der Waals surface area contributed by atoms with Crippen LogP contribution >= 0.6 is 0 Å². The molecule has 0 unspecified atom stereocenters. The van der Waals surface area contributed by atoms with Crippen molar-refractivity contribution < 1.29 is 19.1 Å². The van der Waals surface area contributed by atoms with E-state index < -0.39 is 18.1 Å². The van der Waals surface area contributed by atoms with Crippen molar-refractivity contribution in [3.05, 3.63) is 29.8 Å². The van der Waals surface area contributed by atoms with Crippen LogP contribution < -0.4 is 26.4 Å². The molecule has 1 aromatic rings. The Labute approximate surface area is 202 Å². The monoisotopic (exact) mass is 473 g/mol. The van der Waals surface area contributed by atoms with Gasteiger partial charge in [0.15, 0.2) is 0 Å². The number of nitrogens with zero attached hydrogens (tertiary/aromatic N) is 1. The minimum atomic E-state index is -0.685. The Morgan fingerprint density at radius 1 is 1.18 bits per heavy atom. The number of rotatable bonds is 10. The number of benzene rings is 1. The van der Waals surface area contributed by atoms with Crippen molar-refractivity contribution in [3.8, 4) is 5.75 Å². The van der Waals surface area contributed by atoms with Crippen molar-refractivity contribution in [1.29, 1.82) is 0 Å². The summed E-state index contributed by atoms with van der Waals surface area (Å²) in [5, 5.41) is 9.06. The van der Waals surface area contributed by atoms with E-state index in [2.05, 4.69) is 16.0 Å². The van der Waals surface area contributed by atoms with Gasteiger partial charge in [0, 0.05) is 25.0 Å². The Balaban J connectivity index is 1.67. The van der Waals surface area contributed by atoms with Gasteiger partial charge in [0.2, 0.25) is 17.7 Å². The first-order valence-electron chi connectivity index (χ1n) is 12.3. The quantitative estimate of drug-likeness (QED) is 0.394. The van der Waals surface area contributed by atoms with E-state index in [9.17, 15) is 14.4 Å². The second-order valence-electron chi connectivity index (χ2n) is 9.28. The van der Waals surface area contributed by atoms with Gasteiger partial charge in [0.25, 0.3) is 0 Å². The molecule has 2 heterocycles. The number of nitrogens with one attached hydrogen (secondary N) is 3. The molecule has 0 saturated carbocycles. The molecule has 9 nitrogen and oxygen atoms in total. The molecule has 0 aliphatic carbocycles. The highest BCUT2D eigenvalue weighted by molar-refractivity contribution is 5.94. The first-order chi connectivity index (χ1) is 16.4. The van der Waals surface area contributed by atoms with Crippen LogP contribution in [-0.2, 0) is 20.8 Å². The van der Waals surface area contributed by atoms with Crippen LogP contribution in [0.5, 0.6) is 5.75 Å². The summed E-state index contributed by atoms with van der Waals surface area (Å²) in [6.45, 7) is 2.94. The Kier molecular flexibility index (Phi) is 9.29. The highest BCUT2D eigenvalue weighted by atomic mass is 16.5. The van der Waals surface area contributed by atoms with Gasteiger partial charge in [-0.1, -0.05) is 19.1 Å². The maximum Gasteiger partial charge on any atom is 0.246 e. The molecule has 2 aliphatic rings. The van der Waals surface area contributed by atoms with E-state index in [0.29, 0.717) is 32.4 Å². The van der Waals surface area contributed by atoms with E-state index in [1.807, 2.05) is 38.2 Å². The SMILES string of the molecule is CC[C@H](N)C(=O)N[C@@H]1C(=O)N2[C@@H](CC[C@@H]1CNC)CC[C@H]2C(=O)NCCc1ccc(OC)cc1. The molecule has 2 saturated heterocycles. The van der Waals surface area contributed by atoms with E-state index >= 15 is 0 Å². The molecule has 1 aromatic carbocycles. The van der Waals surface area contributed by atoms with Crippen molar-refractivity contribution >= 4 is 17.7 Å². The first kappa shape index (κ1) is 26.0. The number of ether oxygens (including phenoxy) is 1. The average molecular weight is 474 g/mol. The zero-order chi connectivity index (χ0) is 24.7. The summed E-state index contributed by atoms with van der Waals surface area (Å²) in [5.74, 6) is 0.122. The van der Waals surface area contributed by atoms with Crippen molar-refractivity contribution in [2.75, 3.05) is 27.2 Å². The Bertz CT molecular complexity index is 846. The number of amides is 3. The van der Waals surface area contributed by atoms with Crippen LogP contribution in [0, 0.1) is 5.92 Å². The van der Waals surface area contributed by atoms with Crippen molar-refractivity contribution in [1.82, 2.24) is 20.9 Å². The summed E-state index contributed by atoms with van der Waals surface area (Å²) in [7, 11) is 3.47. The number of carbonyl (C=O) groups is 3. The zero-order valence-electron chi connectivity index (χ0n) is 20.5. The number of nitrogens with two attached hydrogens (primary N) is 1. The molecule has 0 bridgehead atoms. The van der Waals surface area contributed by atoms with Gasteiger partial charge in [-0.25, -0.2) is 0 Å². The molecule has 2 aliphatic heterocycles. The molecule has 0 spiro atoms. The third-order valence-electron chi connectivity index (χ3n) is 7.08. The smallest absolute Gasteiger partial charge is 0.246 e. The maximum absolute atomic E-state index is 13.7. The van der Waals surface area contributed by atoms with Crippen LogP contribution in [0.15, 0.2) is 24.3 Å². The Hall–Kier alpha value is -2.65. The van der Waals surface area contributed by atoms with Crippen LogP contribution in [-0.4, -0.2) is 74.0 Å². The summed E-state index contributed by atoms with van der Waals surface area (Å²) in [6, 6.07) is 5.92. The lowest BCUT2D eigenvalue weighted by Crippen LogP contribution is -2.58. The van der Waals surface area contributed by atoms with E-state index in [0.717, 1.165) is 30.6 Å². The predicted octanol–water partition coefficient (Wildman–Crippen LogP) is 0.565. The molecule has 9 heteroatoms. The van der Waals surface area contributed by atoms with Gasteiger partial charge in [0.1, 0.15) is 17.8 Å². The fraction of sp³-hybridized carbons (Fsp3) is 0.640. The van der Waals surface area contributed by atoms with Crippen LogP contribution in [0.1, 0.15) is 44.6 Å². The highest BCUT2D eigenvalue weighted by Gasteiger charge is 2.47. The standard InChI is InChI=1S/C25H39N5O4/c1-4-20(26)23(31)29-22-17(15-27-2)7-8-18-9-12-21(30(18)25(22)33)24(32)28-14-13-16-5-10-19(34-3)11-6-16/h5-6,10-11,17-18,20-22,27H,4,7-9,12-15,26H2,1-3H3,(H,28,32)(H,29,31)/t17-,18+,20+,21+,22+/m1/s1. The van der Waals surface area contributed by atoms with Gasteiger partial charge in [-0.15, -0.1) is 0 Å². The van der Waals surface area contributed by atoms with Gasteiger partial charge in [0.05, 0.1) is 13.2 Å². The van der Waals surface area contributed by atoms with Gasteiger partial charge in [-0.05, 0) is 63.3 Å². The van der Waals surface area contributed by atoms with Crippen molar-refractivity contribution in [2.24, 2.45) is 11.7 Å². The number of methoxy groups -OCH3 is 1. The van der Waals surface area contributed by atoms with Gasteiger partial charge in [-0.3, -0.25) is 14.4 Å². The molecule has 188 valence electrons. The molecule has 34 heavy (non-hydrogen) atoms. The normalized spacial score (nSPS) is 25.3. The average Bonchev–Trinajstić information content (AvgIpc) is 3.23. The van der Waals surface area contributed by atoms with Crippen LogP contribution in [0.4, 0.5) is 0 Å². The minimum absolute atomic E-state index is 0.0194. The van der Waals surface area contributed by atoms with Gasteiger partial charge in [-0.2, -0.15) is 0 Å². The fourth-order valence-electron chi connectivity index (χ4n) is 5.04. The Morgan fingerprint density at radius 3 is 2.53 bits per heavy atom. The lowest BCUT2D eigenvalue weighted by molar-refractivity contribution is -0.143. The van der Waals surface area contributed by atoms with Crippen molar-refractivity contribution in [2.45, 2.75) is 69.6 Å². The van der Waals surface area contributed by atoms with Gasteiger partial charge < -0.3 is 31.3 Å². The summed E-state index contributed by atoms with van der Waals surface area (Å²) < 4.78 is 5.18. The number of hydrogen-bond acceptors (Lipinski definition) is 6. The fourth-order valence-corrected chi connectivity index (χ4v) is 5.04. The minimum Gasteiger partial charge on any atom is -0.497 e. The molecule has 2 fully saturated rings. The number of hydrogen-bond donors (Lipinski definition) is 4. The highest BCUT2D eigenvalue weighted by Crippen LogP contribution is 2.34. The number of fused-ring (bicyclic) bond motifs is 1. The van der Waals surface area contributed by atoms with Gasteiger partial charge >= 0.3 is 0 Å².